The van der Waals surface area contributed by atoms with E-state index in [9.17, 15) is 0 Å². The van der Waals surface area contributed by atoms with Crippen LogP contribution in [-0.4, -0.2) is 26.3 Å². The summed E-state index contributed by atoms with van der Waals surface area (Å²) in [5.41, 5.74) is 2.45. The van der Waals surface area contributed by atoms with Crippen molar-refractivity contribution >= 4 is 34.7 Å². The molecule has 4 nitrogen and oxygen atoms in total. The lowest BCUT2D eigenvalue weighted by molar-refractivity contribution is 0.355. The molecule has 0 atom stereocenters. The third-order valence-corrected chi connectivity index (χ3v) is 4.19. The van der Waals surface area contributed by atoms with Gasteiger partial charge >= 0.3 is 0 Å². The second-order valence-corrected chi connectivity index (χ2v) is 5.74. The fourth-order valence-electron chi connectivity index (χ4n) is 2.57. The number of methoxy groups -OCH3 is 3. The van der Waals surface area contributed by atoms with Gasteiger partial charge in [0.05, 0.1) is 32.0 Å². The van der Waals surface area contributed by atoms with Gasteiger partial charge in [0.2, 0.25) is 0 Å². The first-order valence-electron chi connectivity index (χ1n) is 7.69. The summed E-state index contributed by atoms with van der Waals surface area (Å²) in [5, 5.41) is 1.60. The molecule has 0 spiro atoms. The number of pyridine rings is 1. The number of benzene rings is 2. The highest BCUT2D eigenvalue weighted by atomic mass is 35.5. The summed E-state index contributed by atoms with van der Waals surface area (Å²) >= 11 is 6.32. The molecule has 0 aliphatic rings. The number of halogens is 1. The third-order valence-electron chi connectivity index (χ3n) is 3.86. The standard InChI is InChI=1S/C20H18ClNO3/c1-23-17-6-4-5-13-7-9-15(22-20(13)17)10-8-14-11-18(24-2)19(25-3)12-16(14)21/h4-12H,1-3H3/b10-8+. The van der Waals surface area contributed by atoms with Crippen LogP contribution in [0.3, 0.4) is 0 Å². The predicted molar refractivity (Wildman–Crippen MR) is 102 cm³/mol. The van der Waals surface area contributed by atoms with E-state index < -0.39 is 0 Å². The Kier molecular flexibility index (Phi) is 5.10. The van der Waals surface area contributed by atoms with Crippen LogP contribution in [0.4, 0.5) is 0 Å². The van der Waals surface area contributed by atoms with Crippen molar-refractivity contribution in [2.24, 2.45) is 0 Å². The molecule has 0 bridgehead atoms. The molecule has 25 heavy (non-hydrogen) atoms. The van der Waals surface area contributed by atoms with Crippen LogP contribution in [0.15, 0.2) is 42.5 Å². The van der Waals surface area contributed by atoms with Crippen LogP contribution in [0.2, 0.25) is 5.02 Å². The van der Waals surface area contributed by atoms with Crippen LogP contribution in [0.1, 0.15) is 11.3 Å². The van der Waals surface area contributed by atoms with E-state index in [4.69, 9.17) is 25.8 Å². The monoisotopic (exact) mass is 355 g/mol. The van der Waals surface area contributed by atoms with Gasteiger partial charge in [-0.1, -0.05) is 35.9 Å². The maximum Gasteiger partial charge on any atom is 0.162 e. The highest BCUT2D eigenvalue weighted by Gasteiger charge is 2.08. The first kappa shape index (κ1) is 17.1. The van der Waals surface area contributed by atoms with Gasteiger partial charge in [0.25, 0.3) is 0 Å². The molecule has 3 rings (SSSR count). The molecule has 128 valence electrons. The average Bonchev–Trinajstić information content (AvgIpc) is 2.66. The van der Waals surface area contributed by atoms with E-state index >= 15 is 0 Å². The number of rotatable bonds is 5. The lowest BCUT2D eigenvalue weighted by Crippen LogP contribution is -1.92. The van der Waals surface area contributed by atoms with Gasteiger partial charge < -0.3 is 14.2 Å². The summed E-state index contributed by atoms with van der Waals surface area (Å²) < 4.78 is 16.0. The zero-order valence-electron chi connectivity index (χ0n) is 14.2. The highest BCUT2D eigenvalue weighted by molar-refractivity contribution is 6.32. The van der Waals surface area contributed by atoms with Crippen LogP contribution in [0.25, 0.3) is 23.1 Å². The summed E-state index contributed by atoms with van der Waals surface area (Å²) in [4.78, 5) is 4.66. The molecule has 2 aromatic carbocycles. The molecule has 0 radical (unpaired) electrons. The molecule has 0 unspecified atom stereocenters. The van der Waals surface area contributed by atoms with Crippen molar-refractivity contribution in [2.75, 3.05) is 21.3 Å². The number of para-hydroxylation sites is 1. The average molecular weight is 356 g/mol. The first-order chi connectivity index (χ1) is 12.2. The second kappa shape index (κ2) is 7.45. The molecule has 3 aromatic rings. The number of ether oxygens (including phenoxy) is 3. The van der Waals surface area contributed by atoms with Gasteiger partial charge in [-0.15, -0.1) is 0 Å². The number of hydrogen-bond donors (Lipinski definition) is 0. The van der Waals surface area contributed by atoms with Gasteiger partial charge in [-0.05, 0) is 29.8 Å². The quantitative estimate of drug-likeness (QED) is 0.639. The summed E-state index contributed by atoms with van der Waals surface area (Å²) in [7, 11) is 4.81. The zero-order chi connectivity index (χ0) is 17.8. The van der Waals surface area contributed by atoms with Crippen LogP contribution in [-0.2, 0) is 0 Å². The largest absolute Gasteiger partial charge is 0.494 e. The van der Waals surface area contributed by atoms with E-state index in [1.165, 1.54) is 0 Å². The Morgan fingerprint density at radius 1 is 0.840 bits per heavy atom. The van der Waals surface area contributed by atoms with Crippen molar-refractivity contribution in [1.82, 2.24) is 4.98 Å². The molecule has 5 heteroatoms. The van der Waals surface area contributed by atoms with E-state index in [1.54, 1.807) is 27.4 Å². The summed E-state index contributed by atoms with van der Waals surface area (Å²) in [5.74, 6) is 1.97. The Bertz CT molecular complexity index is 938. The Morgan fingerprint density at radius 3 is 2.28 bits per heavy atom. The molecule has 0 N–H and O–H groups in total. The summed E-state index contributed by atoms with van der Waals surface area (Å²) in [6.45, 7) is 0. The van der Waals surface area contributed by atoms with Gasteiger partial charge in [0.1, 0.15) is 11.3 Å². The lowest BCUT2D eigenvalue weighted by Gasteiger charge is -2.09. The maximum atomic E-state index is 6.32. The minimum Gasteiger partial charge on any atom is -0.494 e. The van der Waals surface area contributed by atoms with Gasteiger partial charge in [-0.25, -0.2) is 4.98 Å². The van der Waals surface area contributed by atoms with Crippen LogP contribution < -0.4 is 14.2 Å². The fourth-order valence-corrected chi connectivity index (χ4v) is 2.78. The number of aromatic nitrogens is 1. The first-order valence-corrected chi connectivity index (χ1v) is 8.07. The van der Waals surface area contributed by atoms with E-state index in [-0.39, 0.29) is 0 Å². The lowest BCUT2D eigenvalue weighted by atomic mass is 10.1. The van der Waals surface area contributed by atoms with Crippen molar-refractivity contribution in [1.29, 1.82) is 0 Å². The molecule has 1 heterocycles. The predicted octanol–water partition coefficient (Wildman–Crippen LogP) is 5.08. The Hall–Kier alpha value is -2.72. The number of fused-ring (bicyclic) bond motifs is 1. The molecule has 0 fully saturated rings. The Morgan fingerprint density at radius 2 is 1.56 bits per heavy atom. The SMILES string of the molecule is COc1cc(Cl)c(/C=C/c2ccc3cccc(OC)c3n2)cc1OC. The van der Waals surface area contributed by atoms with Crippen LogP contribution in [0.5, 0.6) is 17.2 Å². The van der Waals surface area contributed by atoms with Crippen molar-refractivity contribution < 1.29 is 14.2 Å². The van der Waals surface area contributed by atoms with E-state index in [0.717, 1.165) is 27.9 Å². The molecule has 0 aliphatic heterocycles. The van der Waals surface area contributed by atoms with Gasteiger partial charge in [-0.3, -0.25) is 0 Å². The Labute approximate surface area is 151 Å². The Balaban J connectivity index is 1.98. The topological polar surface area (TPSA) is 40.6 Å². The maximum absolute atomic E-state index is 6.32. The molecule has 0 aliphatic carbocycles. The third kappa shape index (κ3) is 3.54. The zero-order valence-corrected chi connectivity index (χ0v) is 15.0. The molecular formula is C20H18ClNO3. The smallest absolute Gasteiger partial charge is 0.162 e. The van der Waals surface area contributed by atoms with Crippen molar-refractivity contribution in [2.45, 2.75) is 0 Å². The normalized spacial score (nSPS) is 11.0. The molecule has 1 aromatic heterocycles. The van der Waals surface area contributed by atoms with E-state index in [1.807, 2.05) is 48.6 Å². The van der Waals surface area contributed by atoms with Gasteiger partial charge in [0.15, 0.2) is 11.5 Å². The van der Waals surface area contributed by atoms with Gasteiger partial charge in [0, 0.05) is 11.5 Å². The van der Waals surface area contributed by atoms with Crippen molar-refractivity contribution in [3.63, 3.8) is 0 Å². The van der Waals surface area contributed by atoms with Crippen molar-refractivity contribution in [3.8, 4) is 17.2 Å². The van der Waals surface area contributed by atoms with Crippen LogP contribution >= 0.6 is 11.6 Å². The van der Waals surface area contributed by atoms with Gasteiger partial charge in [-0.2, -0.15) is 0 Å². The number of nitrogens with zero attached hydrogens (tertiary/aromatic N) is 1. The van der Waals surface area contributed by atoms with E-state index in [2.05, 4.69) is 4.98 Å². The number of hydrogen-bond acceptors (Lipinski definition) is 4. The minimum atomic E-state index is 0.576. The highest BCUT2D eigenvalue weighted by Crippen LogP contribution is 2.34. The molecule has 0 saturated heterocycles. The summed E-state index contributed by atoms with van der Waals surface area (Å²) in [6.07, 6.45) is 3.80. The molecule has 0 saturated carbocycles. The van der Waals surface area contributed by atoms with E-state index in [0.29, 0.717) is 16.5 Å². The fraction of sp³-hybridized carbons (Fsp3) is 0.150. The molecule has 0 amide bonds. The van der Waals surface area contributed by atoms with Crippen LogP contribution in [0, 0.1) is 0 Å². The second-order valence-electron chi connectivity index (χ2n) is 5.33. The minimum absolute atomic E-state index is 0.576. The molecular weight excluding hydrogens is 338 g/mol. The summed E-state index contributed by atoms with van der Waals surface area (Å²) in [6, 6.07) is 13.4. The van der Waals surface area contributed by atoms with Crippen molar-refractivity contribution in [3.05, 3.63) is 58.7 Å².